The normalized spacial score (nSPS) is 24.0. The van der Waals surface area contributed by atoms with Crippen LogP contribution in [0.3, 0.4) is 0 Å². The summed E-state index contributed by atoms with van der Waals surface area (Å²) >= 11 is 2.36. The summed E-state index contributed by atoms with van der Waals surface area (Å²) < 4.78 is 1.30. The standard InChI is InChI=1S/C18H29IN2/c1-2-3-4-14-5-9-16(10-6-14)18(21-20)13-15-7-11-17(19)12-8-15/h7-8,11-12,14,16,18,21H,2-6,9-10,13,20H2,1H3. The molecule has 1 unspecified atom stereocenters. The molecule has 1 aromatic carbocycles. The molecule has 1 saturated carbocycles. The number of rotatable bonds is 7. The average Bonchev–Trinajstić information content (AvgIpc) is 2.53. The zero-order valence-electron chi connectivity index (χ0n) is 13.2. The van der Waals surface area contributed by atoms with E-state index in [0.717, 1.165) is 18.3 Å². The number of benzene rings is 1. The Kier molecular flexibility index (Phi) is 7.47. The van der Waals surface area contributed by atoms with Crippen molar-refractivity contribution in [1.82, 2.24) is 5.43 Å². The maximum absolute atomic E-state index is 5.84. The van der Waals surface area contributed by atoms with Crippen LogP contribution in [0.15, 0.2) is 24.3 Å². The van der Waals surface area contributed by atoms with Gasteiger partial charge in [-0.05, 0) is 71.4 Å². The first kappa shape index (κ1) is 17.2. The number of hydrazine groups is 1. The Morgan fingerprint density at radius 2 is 1.86 bits per heavy atom. The second-order valence-electron chi connectivity index (χ2n) is 6.53. The number of halogens is 1. The number of nitrogens with two attached hydrogens (primary N) is 1. The number of hydrogen-bond donors (Lipinski definition) is 2. The summed E-state index contributed by atoms with van der Waals surface area (Å²) in [7, 11) is 0. The van der Waals surface area contributed by atoms with Crippen molar-refractivity contribution in [1.29, 1.82) is 0 Å². The van der Waals surface area contributed by atoms with Crippen LogP contribution in [0, 0.1) is 15.4 Å². The summed E-state index contributed by atoms with van der Waals surface area (Å²) in [6, 6.07) is 9.27. The van der Waals surface area contributed by atoms with Gasteiger partial charge >= 0.3 is 0 Å². The molecule has 0 saturated heterocycles. The maximum atomic E-state index is 5.84. The summed E-state index contributed by atoms with van der Waals surface area (Å²) in [6.45, 7) is 2.29. The molecule has 2 rings (SSSR count). The summed E-state index contributed by atoms with van der Waals surface area (Å²) in [4.78, 5) is 0. The van der Waals surface area contributed by atoms with Crippen molar-refractivity contribution in [2.75, 3.05) is 0 Å². The molecule has 21 heavy (non-hydrogen) atoms. The molecule has 0 radical (unpaired) electrons. The molecule has 0 heterocycles. The minimum atomic E-state index is 0.428. The van der Waals surface area contributed by atoms with E-state index in [0.29, 0.717) is 6.04 Å². The van der Waals surface area contributed by atoms with E-state index in [9.17, 15) is 0 Å². The fourth-order valence-electron chi connectivity index (χ4n) is 3.61. The first-order valence-electron chi connectivity index (χ1n) is 8.43. The predicted molar refractivity (Wildman–Crippen MR) is 98.9 cm³/mol. The van der Waals surface area contributed by atoms with Crippen molar-refractivity contribution in [3.63, 3.8) is 0 Å². The SMILES string of the molecule is CCCCC1CCC(C(Cc2ccc(I)cc2)NN)CC1. The molecule has 1 aliphatic carbocycles. The lowest BCUT2D eigenvalue weighted by molar-refractivity contribution is 0.211. The van der Waals surface area contributed by atoms with Gasteiger partial charge in [-0.15, -0.1) is 0 Å². The van der Waals surface area contributed by atoms with Crippen LogP contribution in [0.25, 0.3) is 0 Å². The van der Waals surface area contributed by atoms with E-state index in [2.05, 4.69) is 59.2 Å². The quantitative estimate of drug-likeness (QED) is 0.397. The molecule has 118 valence electrons. The molecule has 1 aromatic rings. The Balaban J connectivity index is 1.83. The van der Waals surface area contributed by atoms with Gasteiger partial charge in [0.25, 0.3) is 0 Å². The van der Waals surface area contributed by atoms with Gasteiger partial charge in [0.15, 0.2) is 0 Å². The summed E-state index contributed by atoms with van der Waals surface area (Å²) in [5.74, 6) is 7.56. The Hall–Kier alpha value is -0.130. The van der Waals surface area contributed by atoms with Crippen LogP contribution in [0.1, 0.15) is 57.4 Å². The van der Waals surface area contributed by atoms with Crippen LogP contribution in [-0.2, 0) is 6.42 Å². The molecule has 2 nitrogen and oxygen atoms in total. The number of unbranched alkanes of at least 4 members (excludes halogenated alkanes) is 1. The maximum Gasteiger partial charge on any atom is 0.0279 e. The Morgan fingerprint density at radius 1 is 1.19 bits per heavy atom. The second kappa shape index (κ2) is 9.11. The fraction of sp³-hybridized carbons (Fsp3) is 0.667. The largest absolute Gasteiger partial charge is 0.271 e. The van der Waals surface area contributed by atoms with Crippen LogP contribution in [0.4, 0.5) is 0 Å². The van der Waals surface area contributed by atoms with Crippen molar-refractivity contribution in [3.8, 4) is 0 Å². The van der Waals surface area contributed by atoms with Gasteiger partial charge in [-0.3, -0.25) is 11.3 Å². The van der Waals surface area contributed by atoms with Crippen molar-refractivity contribution >= 4 is 22.6 Å². The van der Waals surface area contributed by atoms with Gasteiger partial charge in [0.05, 0.1) is 0 Å². The van der Waals surface area contributed by atoms with E-state index in [1.165, 1.54) is 54.1 Å². The third kappa shape index (κ3) is 5.53. The molecule has 3 heteroatoms. The van der Waals surface area contributed by atoms with Crippen LogP contribution in [0.2, 0.25) is 0 Å². The second-order valence-corrected chi connectivity index (χ2v) is 7.77. The zero-order chi connectivity index (χ0) is 15.1. The van der Waals surface area contributed by atoms with Crippen LogP contribution in [-0.4, -0.2) is 6.04 Å². The molecule has 3 N–H and O–H groups in total. The Labute approximate surface area is 143 Å². The summed E-state index contributed by atoms with van der Waals surface area (Å²) in [6.07, 6.45) is 10.7. The van der Waals surface area contributed by atoms with E-state index in [4.69, 9.17) is 5.84 Å². The smallest absolute Gasteiger partial charge is 0.0279 e. The minimum absolute atomic E-state index is 0.428. The highest BCUT2D eigenvalue weighted by Crippen LogP contribution is 2.34. The molecular formula is C18H29IN2. The highest BCUT2D eigenvalue weighted by atomic mass is 127. The van der Waals surface area contributed by atoms with E-state index in [-0.39, 0.29) is 0 Å². The number of nitrogens with one attached hydrogen (secondary N) is 1. The average molecular weight is 400 g/mol. The molecule has 1 aliphatic rings. The van der Waals surface area contributed by atoms with Gasteiger partial charge in [-0.25, -0.2) is 0 Å². The molecule has 0 spiro atoms. The van der Waals surface area contributed by atoms with E-state index in [1.54, 1.807) is 0 Å². The van der Waals surface area contributed by atoms with Gasteiger partial charge in [0, 0.05) is 9.61 Å². The van der Waals surface area contributed by atoms with E-state index in [1.807, 2.05) is 0 Å². The van der Waals surface area contributed by atoms with Crippen LogP contribution < -0.4 is 11.3 Å². The first-order valence-corrected chi connectivity index (χ1v) is 9.51. The zero-order valence-corrected chi connectivity index (χ0v) is 15.3. The molecule has 1 atom stereocenters. The highest BCUT2D eigenvalue weighted by Gasteiger charge is 2.26. The molecule has 0 bridgehead atoms. The van der Waals surface area contributed by atoms with Crippen molar-refractivity contribution in [2.24, 2.45) is 17.7 Å². The molecular weight excluding hydrogens is 371 g/mol. The Bertz CT molecular complexity index is 396. The van der Waals surface area contributed by atoms with Gasteiger partial charge < -0.3 is 0 Å². The van der Waals surface area contributed by atoms with Gasteiger partial charge in [-0.2, -0.15) is 0 Å². The minimum Gasteiger partial charge on any atom is -0.271 e. The molecule has 0 aromatic heterocycles. The van der Waals surface area contributed by atoms with Crippen LogP contribution >= 0.6 is 22.6 Å². The van der Waals surface area contributed by atoms with Crippen molar-refractivity contribution in [2.45, 2.75) is 64.3 Å². The first-order chi connectivity index (χ1) is 10.2. The lowest BCUT2D eigenvalue weighted by atomic mass is 9.76. The highest BCUT2D eigenvalue weighted by molar-refractivity contribution is 14.1. The fourth-order valence-corrected chi connectivity index (χ4v) is 3.97. The Morgan fingerprint density at radius 3 is 2.43 bits per heavy atom. The topological polar surface area (TPSA) is 38.0 Å². The van der Waals surface area contributed by atoms with Crippen LogP contribution in [0.5, 0.6) is 0 Å². The van der Waals surface area contributed by atoms with Gasteiger partial charge in [0.2, 0.25) is 0 Å². The lowest BCUT2D eigenvalue weighted by Crippen LogP contribution is -2.43. The predicted octanol–water partition coefficient (Wildman–Crippen LogP) is 4.66. The third-order valence-corrected chi connectivity index (χ3v) is 5.73. The van der Waals surface area contributed by atoms with Gasteiger partial charge in [0.1, 0.15) is 0 Å². The summed E-state index contributed by atoms with van der Waals surface area (Å²) in [5, 5.41) is 0. The molecule has 1 fully saturated rings. The van der Waals surface area contributed by atoms with E-state index < -0.39 is 0 Å². The lowest BCUT2D eigenvalue weighted by Gasteiger charge is -2.33. The van der Waals surface area contributed by atoms with E-state index >= 15 is 0 Å². The number of hydrogen-bond acceptors (Lipinski definition) is 2. The molecule has 0 amide bonds. The molecule has 0 aliphatic heterocycles. The monoisotopic (exact) mass is 400 g/mol. The van der Waals surface area contributed by atoms with Crippen molar-refractivity contribution in [3.05, 3.63) is 33.4 Å². The van der Waals surface area contributed by atoms with Gasteiger partial charge in [-0.1, -0.05) is 51.2 Å². The van der Waals surface area contributed by atoms with Crippen molar-refractivity contribution < 1.29 is 0 Å². The summed E-state index contributed by atoms with van der Waals surface area (Å²) in [5.41, 5.74) is 4.49. The third-order valence-electron chi connectivity index (χ3n) is 5.01.